The quantitative estimate of drug-likeness (QED) is 0.314. The largest absolute Gasteiger partial charge is 0.0919 e. The molecule has 0 saturated carbocycles. The Morgan fingerprint density at radius 3 is 2.67 bits per heavy atom. The molecular formula is C18H15N3. The number of fused-ring (bicyclic) bond motifs is 3. The Hall–Kier alpha value is -2.69. The van der Waals surface area contributed by atoms with E-state index in [0.29, 0.717) is 0 Å². The first-order chi connectivity index (χ1) is 10.1. The Bertz CT molecular complexity index is 816. The van der Waals surface area contributed by atoms with Crippen molar-refractivity contribution in [2.75, 3.05) is 6.54 Å². The molecule has 0 amide bonds. The molecule has 0 bridgehead atoms. The summed E-state index contributed by atoms with van der Waals surface area (Å²) in [5.74, 6) is 5.93. The first kappa shape index (κ1) is 13.3. The standard InChI is InChI=1S/C18H15N3/c1-18(2)16-8-4-3-7-14(16)15-10-9-13(12-17(15)18)6-5-11-20-21-19/h3-4,7-10,12H,11H2,1-2H3. The first-order valence-electron chi connectivity index (χ1n) is 6.89. The zero-order chi connectivity index (χ0) is 14.9. The highest BCUT2D eigenvalue weighted by molar-refractivity contribution is 5.81. The van der Waals surface area contributed by atoms with Crippen LogP contribution in [0.5, 0.6) is 0 Å². The van der Waals surface area contributed by atoms with E-state index in [2.05, 4.69) is 72.1 Å². The predicted octanol–water partition coefficient (Wildman–Crippen LogP) is 4.65. The lowest BCUT2D eigenvalue weighted by atomic mass is 9.82. The van der Waals surface area contributed by atoms with Gasteiger partial charge in [0.05, 0.1) is 6.54 Å². The molecule has 3 rings (SSSR count). The second kappa shape index (κ2) is 5.01. The molecule has 2 aromatic carbocycles. The maximum atomic E-state index is 8.25. The number of hydrogen-bond acceptors (Lipinski definition) is 1. The second-order valence-electron chi connectivity index (χ2n) is 5.62. The van der Waals surface area contributed by atoms with E-state index in [1.165, 1.54) is 22.3 Å². The van der Waals surface area contributed by atoms with Gasteiger partial charge in [0.1, 0.15) is 0 Å². The molecular weight excluding hydrogens is 258 g/mol. The van der Waals surface area contributed by atoms with Crippen LogP contribution < -0.4 is 0 Å². The molecule has 0 aromatic heterocycles. The number of hydrogen-bond donors (Lipinski definition) is 0. The lowest BCUT2D eigenvalue weighted by Gasteiger charge is -2.21. The molecule has 1 aliphatic rings. The summed E-state index contributed by atoms with van der Waals surface area (Å²) in [7, 11) is 0. The number of rotatable bonds is 1. The van der Waals surface area contributed by atoms with Gasteiger partial charge < -0.3 is 0 Å². The first-order valence-corrected chi connectivity index (χ1v) is 6.89. The van der Waals surface area contributed by atoms with Gasteiger partial charge in [0.15, 0.2) is 0 Å². The van der Waals surface area contributed by atoms with Gasteiger partial charge in [-0.25, -0.2) is 0 Å². The van der Waals surface area contributed by atoms with Crippen molar-refractivity contribution >= 4 is 0 Å². The van der Waals surface area contributed by atoms with Gasteiger partial charge in [0.25, 0.3) is 0 Å². The van der Waals surface area contributed by atoms with Crippen LogP contribution in [0.15, 0.2) is 47.6 Å². The fourth-order valence-electron chi connectivity index (χ4n) is 2.99. The normalized spacial score (nSPS) is 13.4. The highest BCUT2D eigenvalue weighted by Gasteiger charge is 2.34. The SMILES string of the molecule is CC1(C)c2ccccc2-c2ccc(C#CCN=[N+]=[N-])cc21. The Morgan fingerprint density at radius 1 is 1.10 bits per heavy atom. The van der Waals surface area contributed by atoms with Gasteiger partial charge in [0.2, 0.25) is 0 Å². The van der Waals surface area contributed by atoms with Gasteiger partial charge in [-0.2, -0.15) is 0 Å². The van der Waals surface area contributed by atoms with Gasteiger partial charge in [0, 0.05) is 15.9 Å². The minimum absolute atomic E-state index is 0.00553. The summed E-state index contributed by atoms with van der Waals surface area (Å²) in [5, 5.41) is 3.43. The number of nitrogens with zero attached hydrogens (tertiary/aromatic N) is 3. The van der Waals surface area contributed by atoms with Crippen molar-refractivity contribution in [3.63, 3.8) is 0 Å². The summed E-state index contributed by atoms with van der Waals surface area (Å²) in [6.07, 6.45) is 0. The summed E-state index contributed by atoms with van der Waals surface area (Å²) in [4.78, 5) is 2.70. The van der Waals surface area contributed by atoms with E-state index in [9.17, 15) is 0 Å². The van der Waals surface area contributed by atoms with Crippen LogP contribution in [0, 0.1) is 11.8 Å². The zero-order valence-corrected chi connectivity index (χ0v) is 12.1. The van der Waals surface area contributed by atoms with Gasteiger partial charge in [-0.3, -0.25) is 0 Å². The molecule has 0 spiro atoms. The summed E-state index contributed by atoms with van der Waals surface area (Å²) >= 11 is 0. The highest BCUT2D eigenvalue weighted by atomic mass is 15.1. The average molecular weight is 273 g/mol. The van der Waals surface area contributed by atoms with Crippen molar-refractivity contribution in [2.24, 2.45) is 5.11 Å². The molecule has 0 atom stereocenters. The van der Waals surface area contributed by atoms with Gasteiger partial charge >= 0.3 is 0 Å². The highest BCUT2D eigenvalue weighted by Crippen LogP contribution is 2.48. The molecule has 0 heterocycles. The molecule has 0 aliphatic heterocycles. The van der Waals surface area contributed by atoms with Crippen LogP contribution in [0.25, 0.3) is 21.6 Å². The second-order valence-corrected chi connectivity index (χ2v) is 5.62. The minimum atomic E-state index is -0.00553. The fourth-order valence-corrected chi connectivity index (χ4v) is 2.99. The number of benzene rings is 2. The van der Waals surface area contributed by atoms with Crippen LogP contribution >= 0.6 is 0 Å². The minimum Gasteiger partial charge on any atom is -0.0919 e. The maximum Gasteiger partial charge on any atom is 0.0880 e. The van der Waals surface area contributed by atoms with Gasteiger partial charge in [-0.1, -0.05) is 61.1 Å². The van der Waals surface area contributed by atoms with Crippen molar-refractivity contribution in [2.45, 2.75) is 19.3 Å². The molecule has 0 N–H and O–H groups in total. The molecule has 3 nitrogen and oxygen atoms in total. The lowest BCUT2D eigenvalue weighted by molar-refractivity contribution is 0.660. The Morgan fingerprint density at radius 2 is 1.86 bits per heavy atom. The van der Waals surface area contributed by atoms with E-state index in [4.69, 9.17) is 5.53 Å². The monoisotopic (exact) mass is 273 g/mol. The molecule has 0 saturated heterocycles. The van der Waals surface area contributed by atoms with E-state index in [-0.39, 0.29) is 12.0 Å². The van der Waals surface area contributed by atoms with Crippen LogP contribution in [-0.4, -0.2) is 6.54 Å². The molecule has 0 unspecified atom stereocenters. The predicted molar refractivity (Wildman–Crippen MR) is 84.9 cm³/mol. The van der Waals surface area contributed by atoms with Crippen LogP contribution in [-0.2, 0) is 5.41 Å². The van der Waals surface area contributed by atoms with E-state index in [1.807, 2.05) is 6.07 Å². The summed E-state index contributed by atoms with van der Waals surface area (Å²) in [6, 6.07) is 14.9. The maximum absolute atomic E-state index is 8.25. The van der Waals surface area contributed by atoms with Crippen LogP contribution in [0.4, 0.5) is 0 Å². The fraction of sp³-hybridized carbons (Fsp3) is 0.222. The summed E-state index contributed by atoms with van der Waals surface area (Å²) in [6.45, 7) is 4.70. The third-order valence-corrected chi connectivity index (χ3v) is 4.03. The van der Waals surface area contributed by atoms with Crippen molar-refractivity contribution in [1.82, 2.24) is 0 Å². The third-order valence-electron chi connectivity index (χ3n) is 4.03. The van der Waals surface area contributed by atoms with E-state index >= 15 is 0 Å². The summed E-state index contributed by atoms with van der Waals surface area (Å²) in [5.41, 5.74) is 14.5. The van der Waals surface area contributed by atoms with Crippen molar-refractivity contribution in [3.05, 3.63) is 69.6 Å². The molecule has 1 aliphatic carbocycles. The van der Waals surface area contributed by atoms with E-state index < -0.39 is 0 Å². The van der Waals surface area contributed by atoms with Crippen LogP contribution in [0.1, 0.15) is 30.5 Å². The van der Waals surface area contributed by atoms with Crippen LogP contribution in [0.3, 0.4) is 0 Å². The molecule has 3 heteroatoms. The Labute approximate surface area is 124 Å². The third kappa shape index (κ3) is 2.16. The van der Waals surface area contributed by atoms with Crippen LogP contribution in [0.2, 0.25) is 0 Å². The van der Waals surface area contributed by atoms with E-state index in [0.717, 1.165) is 5.56 Å². The number of azide groups is 1. The molecule has 2 aromatic rings. The molecule has 0 radical (unpaired) electrons. The zero-order valence-electron chi connectivity index (χ0n) is 12.1. The van der Waals surface area contributed by atoms with Crippen molar-refractivity contribution in [3.8, 4) is 23.0 Å². The topological polar surface area (TPSA) is 48.8 Å². The molecule has 21 heavy (non-hydrogen) atoms. The molecule has 102 valence electrons. The smallest absolute Gasteiger partial charge is 0.0880 e. The Kier molecular flexibility index (Phi) is 3.17. The molecule has 0 fully saturated rings. The average Bonchev–Trinajstić information content (AvgIpc) is 2.73. The van der Waals surface area contributed by atoms with Gasteiger partial charge in [-0.15, -0.1) is 0 Å². The van der Waals surface area contributed by atoms with Crippen molar-refractivity contribution in [1.29, 1.82) is 0 Å². The summed E-state index contributed by atoms with van der Waals surface area (Å²) < 4.78 is 0. The van der Waals surface area contributed by atoms with E-state index in [1.54, 1.807) is 0 Å². The Balaban J connectivity index is 2.07. The van der Waals surface area contributed by atoms with Crippen molar-refractivity contribution < 1.29 is 0 Å². The van der Waals surface area contributed by atoms with Gasteiger partial charge in [-0.05, 0) is 39.9 Å². The lowest BCUT2D eigenvalue weighted by Crippen LogP contribution is -2.14.